The minimum Gasteiger partial charge on any atom is -0.353 e. The van der Waals surface area contributed by atoms with E-state index in [1.54, 1.807) is 7.05 Å². The monoisotopic (exact) mass is 292 g/mol. The van der Waals surface area contributed by atoms with Crippen LogP contribution < -0.4 is 10.9 Å². The van der Waals surface area contributed by atoms with Crippen molar-refractivity contribution in [2.75, 3.05) is 20.6 Å². The number of fused-ring (bicyclic) bond motifs is 1. The standard InChI is InChI=1S/C13H20N6O2/c1-9(17(2)3)5-14-11(20)7-19-8-15-12-10(13(19)21)6-16-18(12)4/h6,8-9H,5,7H2,1-4H3,(H,14,20)/t9-/m1/s1. The number of nitrogens with zero attached hydrogens (tertiary/aromatic N) is 5. The van der Waals surface area contributed by atoms with Crippen molar-refractivity contribution in [3.8, 4) is 0 Å². The highest BCUT2D eigenvalue weighted by atomic mass is 16.2. The summed E-state index contributed by atoms with van der Waals surface area (Å²) in [5, 5.41) is 7.21. The smallest absolute Gasteiger partial charge is 0.264 e. The molecule has 0 radical (unpaired) electrons. The van der Waals surface area contributed by atoms with Gasteiger partial charge in [0, 0.05) is 19.6 Å². The minimum absolute atomic E-state index is 0.0448. The molecule has 0 saturated heterocycles. The lowest BCUT2D eigenvalue weighted by molar-refractivity contribution is -0.121. The van der Waals surface area contributed by atoms with E-state index >= 15 is 0 Å². The molecule has 2 rings (SSSR count). The molecule has 0 aliphatic rings. The molecular weight excluding hydrogens is 272 g/mol. The van der Waals surface area contributed by atoms with E-state index in [0.29, 0.717) is 17.6 Å². The average Bonchev–Trinajstić information content (AvgIpc) is 2.81. The zero-order valence-electron chi connectivity index (χ0n) is 12.7. The average molecular weight is 292 g/mol. The highest BCUT2D eigenvalue weighted by Crippen LogP contribution is 2.02. The van der Waals surface area contributed by atoms with Crippen molar-refractivity contribution >= 4 is 16.9 Å². The van der Waals surface area contributed by atoms with Crippen molar-refractivity contribution in [3.05, 3.63) is 22.9 Å². The second kappa shape index (κ2) is 6.04. The van der Waals surface area contributed by atoms with Gasteiger partial charge in [0.1, 0.15) is 18.3 Å². The topological polar surface area (TPSA) is 85.0 Å². The van der Waals surface area contributed by atoms with Crippen molar-refractivity contribution in [2.24, 2.45) is 7.05 Å². The number of rotatable bonds is 5. The minimum atomic E-state index is -0.260. The number of aromatic nitrogens is 4. The molecule has 2 aromatic heterocycles. The van der Waals surface area contributed by atoms with E-state index in [9.17, 15) is 9.59 Å². The number of nitrogens with one attached hydrogen (secondary N) is 1. The summed E-state index contributed by atoms with van der Waals surface area (Å²) in [6.07, 6.45) is 2.84. The first-order chi connectivity index (χ1) is 9.90. The third-order valence-electron chi connectivity index (χ3n) is 3.51. The Morgan fingerprint density at radius 3 is 2.86 bits per heavy atom. The molecule has 114 valence electrons. The van der Waals surface area contributed by atoms with E-state index in [1.165, 1.54) is 21.8 Å². The molecule has 2 aromatic rings. The van der Waals surface area contributed by atoms with E-state index in [-0.39, 0.29) is 24.1 Å². The van der Waals surface area contributed by atoms with Gasteiger partial charge in [0.15, 0.2) is 5.65 Å². The number of carbonyl (C=O) groups excluding carboxylic acids is 1. The van der Waals surface area contributed by atoms with Crippen LogP contribution in [0.3, 0.4) is 0 Å². The Labute approximate surface area is 122 Å². The van der Waals surface area contributed by atoms with Gasteiger partial charge in [0.2, 0.25) is 5.91 Å². The van der Waals surface area contributed by atoms with Gasteiger partial charge in [-0.2, -0.15) is 5.10 Å². The molecule has 1 amide bonds. The molecule has 0 unspecified atom stereocenters. The quantitative estimate of drug-likeness (QED) is 0.779. The molecule has 8 heteroatoms. The number of hydrogen-bond donors (Lipinski definition) is 1. The van der Waals surface area contributed by atoms with Gasteiger partial charge in [0.25, 0.3) is 5.56 Å². The molecule has 0 aliphatic carbocycles. The summed E-state index contributed by atoms with van der Waals surface area (Å²) in [4.78, 5) is 30.3. The second-order valence-electron chi connectivity index (χ2n) is 5.30. The molecule has 0 saturated carbocycles. The van der Waals surface area contributed by atoms with Gasteiger partial charge in [-0.15, -0.1) is 0 Å². The highest BCUT2D eigenvalue weighted by Gasteiger charge is 2.11. The van der Waals surface area contributed by atoms with E-state index < -0.39 is 0 Å². The molecule has 1 atom stereocenters. The normalized spacial score (nSPS) is 12.8. The Morgan fingerprint density at radius 2 is 2.19 bits per heavy atom. The first-order valence-corrected chi connectivity index (χ1v) is 6.70. The van der Waals surface area contributed by atoms with Crippen LogP contribution in [0.25, 0.3) is 11.0 Å². The van der Waals surface area contributed by atoms with Crippen molar-refractivity contribution in [1.29, 1.82) is 0 Å². The lowest BCUT2D eigenvalue weighted by Gasteiger charge is -2.20. The predicted octanol–water partition coefficient (Wildman–Crippen LogP) is -0.804. The van der Waals surface area contributed by atoms with Gasteiger partial charge in [-0.1, -0.05) is 0 Å². The maximum atomic E-state index is 12.2. The zero-order valence-corrected chi connectivity index (χ0v) is 12.7. The summed E-state index contributed by atoms with van der Waals surface area (Å²) >= 11 is 0. The second-order valence-corrected chi connectivity index (χ2v) is 5.30. The third-order valence-corrected chi connectivity index (χ3v) is 3.51. The Kier molecular flexibility index (Phi) is 4.37. The summed E-state index contributed by atoms with van der Waals surface area (Å²) in [6.45, 7) is 2.50. The van der Waals surface area contributed by atoms with Gasteiger partial charge in [-0.05, 0) is 21.0 Å². The fourth-order valence-electron chi connectivity index (χ4n) is 1.83. The molecule has 0 spiro atoms. The largest absolute Gasteiger partial charge is 0.353 e. The molecule has 1 N–H and O–H groups in total. The molecular formula is C13H20N6O2. The number of carbonyl (C=O) groups is 1. The van der Waals surface area contributed by atoms with Crippen molar-refractivity contribution < 1.29 is 4.79 Å². The zero-order chi connectivity index (χ0) is 15.6. The van der Waals surface area contributed by atoms with E-state index in [1.807, 2.05) is 25.9 Å². The summed E-state index contributed by atoms with van der Waals surface area (Å²) < 4.78 is 2.82. The Bertz CT molecular complexity index is 702. The first kappa shape index (κ1) is 15.2. The molecule has 8 nitrogen and oxygen atoms in total. The van der Waals surface area contributed by atoms with E-state index in [2.05, 4.69) is 15.4 Å². The van der Waals surface area contributed by atoms with Gasteiger partial charge < -0.3 is 10.2 Å². The van der Waals surface area contributed by atoms with Crippen molar-refractivity contribution in [3.63, 3.8) is 0 Å². The van der Waals surface area contributed by atoms with Crippen LogP contribution in [0.4, 0.5) is 0 Å². The molecule has 0 fully saturated rings. The van der Waals surface area contributed by atoms with Crippen molar-refractivity contribution in [2.45, 2.75) is 19.5 Å². The summed E-state index contributed by atoms with van der Waals surface area (Å²) in [5.41, 5.74) is 0.252. The van der Waals surface area contributed by atoms with Gasteiger partial charge in [0.05, 0.1) is 6.20 Å². The van der Waals surface area contributed by atoms with Gasteiger partial charge in [-0.3, -0.25) is 18.8 Å². The van der Waals surface area contributed by atoms with Crippen molar-refractivity contribution in [1.82, 2.24) is 29.5 Å². The molecule has 0 bridgehead atoms. The fourth-order valence-corrected chi connectivity index (χ4v) is 1.83. The first-order valence-electron chi connectivity index (χ1n) is 6.70. The lowest BCUT2D eigenvalue weighted by Crippen LogP contribution is -2.40. The van der Waals surface area contributed by atoms with Crippen LogP contribution >= 0.6 is 0 Å². The fraction of sp³-hybridized carbons (Fsp3) is 0.538. The van der Waals surface area contributed by atoms with Crippen LogP contribution in [0.15, 0.2) is 17.3 Å². The van der Waals surface area contributed by atoms with Crippen LogP contribution in [-0.4, -0.2) is 56.8 Å². The van der Waals surface area contributed by atoms with Crippen LogP contribution in [-0.2, 0) is 18.4 Å². The van der Waals surface area contributed by atoms with Crippen LogP contribution in [0.1, 0.15) is 6.92 Å². The number of aryl methyl sites for hydroxylation is 1. The molecule has 21 heavy (non-hydrogen) atoms. The maximum Gasteiger partial charge on any atom is 0.264 e. The SMILES string of the molecule is C[C@H](CNC(=O)Cn1cnc2c(cnn2C)c1=O)N(C)C. The third kappa shape index (κ3) is 3.27. The maximum absolute atomic E-state index is 12.2. The van der Waals surface area contributed by atoms with Gasteiger partial charge >= 0.3 is 0 Å². The summed E-state index contributed by atoms with van der Waals surface area (Å²) in [5.74, 6) is -0.212. The number of hydrogen-bond acceptors (Lipinski definition) is 5. The van der Waals surface area contributed by atoms with Crippen LogP contribution in [0.5, 0.6) is 0 Å². The Balaban J connectivity index is 2.08. The molecule has 0 aromatic carbocycles. The van der Waals surface area contributed by atoms with Gasteiger partial charge in [-0.25, -0.2) is 4.98 Å². The Morgan fingerprint density at radius 1 is 1.48 bits per heavy atom. The van der Waals surface area contributed by atoms with Crippen LogP contribution in [0.2, 0.25) is 0 Å². The summed E-state index contributed by atoms with van der Waals surface area (Å²) in [6, 6.07) is 0.226. The molecule has 0 aliphatic heterocycles. The number of likely N-dealkylation sites (N-methyl/N-ethyl adjacent to an activating group) is 1. The van der Waals surface area contributed by atoms with Crippen LogP contribution in [0, 0.1) is 0 Å². The lowest BCUT2D eigenvalue weighted by atomic mass is 10.3. The Hall–Kier alpha value is -2.22. The summed E-state index contributed by atoms with van der Waals surface area (Å²) in [7, 11) is 5.61. The predicted molar refractivity (Wildman–Crippen MR) is 78.9 cm³/mol. The molecule has 2 heterocycles. The van der Waals surface area contributed by atoms with E-state index in [4.69, 9.17) is 0 Å². The number of amides is 1. The highest BCUT2D eigenvalue weighted by molar-refractivity contribution is 5.77. The van der Waals surface area contributed by atoms with E-state index in [0.717, 1.165) is 0 Å².